The largest absolute Gasteiger partial charge is 0.460 e. The molecule has 256 valence electrons. The molecule has 0 fully saturated rings. The van der Waals surface area contributed by atoms with Crippen molar-refractivity contribution in [1.29, 1.82) is 0 Å². The molecule has 0 aromatic rings. The smallest absolute Gasteiger partial charge is 0.457 e. The first-order chi connectivity index (χ1) is 18.3. The van der Waals surface area contributed by atoms with Gasteiger partial charge < -0.3 is 9.84 Å². The van der Waals surface area contributed by atoms with Crippen molar-refractivity contribution in [2.45, 2.75) is 77.9 Å². The van der Waals surface area contributed by atoms with Crippen LogP contribution in [-0.2, 0) is 9.53 Å². The van der Waals surface area contributed by atoms with Crippen molar-refractivity contribution in [3.8, 4) is 0 Å². The second-order valence-corrected chi connectivity index (χ2v) is 8.07. The molecule has 0 bridgehead atoms. The van der Waals surface area contributed by atoms with Gasteiger partial charge in [0.1, 0.15) is 6.61 Å². The molecule has 0 aromatic heterocycles. The molecule has 2 unspecified atom stereocenters. The maximum Gasteiger partial charge on any atom is 0.457 e. The lowest BCUT2D eigenvalue weighted by atomic mass is 9.80. The van der Waals surface area contributed by atoms with Crippen molar-refractivity contribution in [3.63, 3.8) is 0 Å². The van der Waals surface area contributed by atoms with Crippen LogP contribution in [0.1, 0.15) is 6.42 Å². The highest BCUT2D eigenvalue weighted by atomic mass is 19.4. The molecule has 0 spiro atoms. The van der Waals surface area contributed by atoms with Gasteiger partial charge in [-0.25, -0.2) is 9.18 Å². The number of carbonyl (C=O) groups is 1. The summed E-state index contributed by atoms with van der Waals surface area (Å²) in [5.74, 6) is -73.2. The average molecular weight is 698 g/mol. The first kappa shape index (κ1) is 40.6. The van der Waals surface area contributed by atoms with Crippen LogP contribution in [0.4, 0.5) is 101 Å². The van der Waals surface area contributed by atoms with Crippen molar-refractivity contribution in [3.05, 3.63) is 12.7 Å². The Morgan fingerprint density at radius 1 is 0.558 bits per heavy atom. The van der Waals surface area contributed by atoms with Gasteiger partial charge in [-0.05, 0) is 0 Å². The minimum Gasteiger partial charge on any atom is -0.460 e. The lowest BCUT2D eigenvalue weighted by Gasteiger charge is -2.47. The number of aliphatic hydroxyl groups excluding tert-OH is 1. The molecule has 2 atom stereocenters. The van der Waals surface area contributed by atoms with Crippen molar-refractivity contribution in [2.75, 3.05) is 6.61 Å². The lowest BCUT2D eigenvalue weighted by molar-refractivity contribution is -0.483. The van der Waals surface area contributed by atoms with Gasteiger partial charge in [0, 0.05) is 12.5 Å². The fourth-order valence-electron chi connectivity index (χ4n) is 2.70. The summed E-state index contributed by atoms with van der Waals surface area (Å²) >= 11 is 0. The van der Waals surface area contributed by atoms with E-state index in [9.17, 15) is 106 Å². The minimum absolute atomic E-state index is 0.168. The SMILES string of the molecule is C=CC(=O)OCC(O)CC(F)(F)C(F)(F)C(F)(F)C(F)(F)C(F)(F)C(F)(F)C(F)(F)C(F)(C(F)(F)F)C(F)(F)C(F)(F)F. The summed E-state index contributed by atoms with van der Waals surface area (Å²) in [6, 6.07) is 0. The van der Waals surface area contributed by atoms with E-state index in [0.717, 1.165) is 0 Å². The van der Waals surface area contributed by atoms with Crippen molar-refractivity contribution in [2.24, 2.45) is 0 Å². The molecular formula is C17H9F23O3. The number of hydrogen-bond acceptors (Lipinski definition) is 3. The zero-order valence-corrected chi connectivity index (χ0v) is 19.2. The number of aliphatic hydroxyl groups is 1. The standard InChI is InChI=1S/C17H9F23O3/c1-2-6(42)43-4-5(41)3-7(18,19)9(21,22)12(27,28)14(31,32)15(33,34)13(29,30)10(23,24)8(20,16(35,36)37)11(25,26)17(38,39)40/h2,5,41H,1,3-4H2. The highest BCUT2D eigenvalue weighted by Crippen LogP contribution is 2.68. The molecule has 26 heteroatoms. The van der Waals surface area contributed by atoms with E-state index in [4.69, 9.17) is 5.11 Å². The van der Waals surface area contributed by atoms with Crippen LogP contribution in [0.5, 0.6) is 0 Å². The summed E-state index contributed by atoms with van der Waals surface area (Å²) in [5, 5.41) is 9.03. The Morgan fingerprint density at radius 3 is 1.19 bits per heavy atom. The van der Waals surface area contributed by atoms with Gasteiger partial charge in [-0.3, -0.25) is 0 Å². The van der Waals surface area contributed by atoms with E-state index in [1.54, 1.807) is 0 Å². The van der Waals surface area contributed by atoms with Crippen LogP contribution in [-0.4, -0.2) is 89.2 Å². The molecule has 1 N–H and O–H groups in total. The Bertz CT molecular complexity index is 1030. The molecule has 0 heterocycles. The van der Waals surface area contributed by atoms with Crippen LogP contribution >= 0.6 is 0 Å². The second kappa shape index (κ2) is 10.9. The third-order valence-electron chi connectivity index (χ3n) is 5.12. The third-order valence-corrected chi connectivity index (χ3v) is 5.12. The summed E-state index contributed by atoms with van der Waals surface area (Å²) in [5.41, 5.74) is -9.47. The molecule has 3 nitrogen and oxygen atoms in total. The molecule has 0 saturated heterocycles. The highest BCUT2D eigenvalue weighted by molar-refractivity contribution is 5.81. The van der Waals surface area contributed by atoms with Crippen LogP contribution in [0, 0.1) is 0 Å². The highest BCUT2D eigenvalue weighted by Gasteiger charge is 3.00. The van der Waals surface area contributed by atoms with E-state index < -0.39 is 90.5 Å². The monoisotopic (exact) mass is 698 g/mol. The van der Waals surface area contributed by atoms with E-state index in [2.05, 4.69) is 11.3 Å². The molecule has 0 amide bonds. The summed E-state index contributed by atoms with van der Waals surface area (Å²) in [6.07, 6.45) is -23.9. The van der Waals surface area contributed by atoms with Crippen molar-refractivity contribution in [1.82, 2.24) is 0 Å². The first-order valence-corrected chi connectivity index (χ1v) is 9.67. The van der Waals surface area contributed by atoms with Gasteiger partial charge in [-0.15, -0.1) is 0 Å². The summed E-state index contributed by atoms with van der Waals surface area (Å²) in [7, 11) is 0. The summed E-state index contributed by atoms with van der Waals surface area (Å²) in [4.78, 5) is 10.7. The maximum atomic E-state index is 13.9. The minimum atomic E-state index is -9.66. The fraction of sp³-hybridized carbons (Fsp3) is 0.824. The van der Waals surface area contributed by atoms with E-state index in [1.165, 1.54) is 0 Å². The van der Waals surface area contributed by atoms with Crippen LogP contribution in [0.2, 0.25) is 0 Å². The molecule has 0 aliphatic rings. The molecule has 0 aliphatic carbocycles. The van der Waals surface area contributed by atoms with E-state index in [1.807, 2.05) is 0 Å². The Morgan fingerprint density at radius 2 is 0.884 bits per heavy atom. The number of ether oxygens (including phenoxy) is 1. The number of carbonyl (C=O) groups excluding carboxylic acids is 1. The molecule has 0 saturated carbocycles. The molecule has 43 heavy (non-hydrogen) atoms. The van der Waals surface area contributed by atoms with E-state index in [0.29, 0.717) is 0 Å². The molecule has 0 radical (unpaired) electrons. The lowest BCUT2D eigenvalue weighted by Crippen LogP contribution is -2.80. The Balaban J connectivity index is 7.19. The number of halogens is 23. The van der Waals surface area contributed by atoms with Gasteiger partial charge in [-0.2, -0.15) is 96.6 Å². The van der Waals surface area contributed by atoms with Gasteiger partial charge in [0.15, 0.2) is 0 Å². The van der Waals surface area contributed by atoms with Crippen molar-refractivity contribution < 1.29 is 116 Å². The summed E-state index contributed by atoms with van der Waals surface area (Å²) < 4.78 is 311. The number of esters is 1. The van der Waals surface area contributed by atoms with Gasteiger partial charge >= 0.3 is 71.4 Å². The molecule has 0 rings (SSSR count). The van der Waals surface area contributed by atoms with Gasteiger partial charge in [-0.1, -0.05) is 6.58 Å². The molecule has 0 aliphatic heterocycles. The number of hydrogen-bond donors (Lipinski definition) is 1. The van der Waals surface area contributed by atoms with Crippen molar-refractivity contribution >= 4 is 5.97 Å². The van der Waals surface area contributed by atoms with Crippen LogP contribution in [0.25, 0.3) is 0 Å². The normalized spacial score (nSPS) is 17.8. The predicted molar refractivity (Wildman–Crippen MR) is 87.3 cm³/mol. The predicted octanol–water partition coefficient (Wildman–Crippen LogP) is 7.38. The van der Waals surface area contributed by atoms with Gasteiger partial charge in [0.25, 0.3) is 0 Å². The molecule has 0 aromatic carbocycles. The topological polar surface area (TPSA) is 46.5 Å². The Hall–Kier alpha value is -2.44. The first-order valence-electron chi connectivity index (χ1n) is 9.67. The molecular weight excluding hydrogens is 689 g/mol. The zero-order valence-electron chi connectivity index (χ0n) is 19.2. The maximum absolute atomic E-state index is 13.9. The van der Waals surface area contributed by atoms with E-state index >= 15 is 0 Å². The average Bonchev–Trinajstić information content (AvgIpc) is 2.78. The number of alkyl halides is 23. The Labute approximate surface area is 220 Å². The van der Waals surface area contributed by atoms with Gasteiger partial charge in [0.2, 0.25) is 0 Å². The van der Waals surface area contributed by atoms with E-state index in [-0.39, 0.29) is 6.08 Å². The Kier molecular flexibility index (Phi) is 10.3. The second-order valence-electron chi connectivity index (χ2n) is 8.07. The van der Waals surface area contributed by atoms with Crippen LogP contribution < -0.4 is 0 Å². The zero-order chi connectivity index (χ0) is 35.5. The third kappa shape index (κ3) is 5.63. The van der Waals surface area contributed by atoms with Crippen LogP contribution in [0.15, 0.2) is 12.7 Å². The quantitative estimate of drug-likeness (QED) is 0.124. The van der Waals surface area contributed by atoms with Gasteiger partial charge in [0.05, 0.1) is 6.10 Å². The number of rotatable bonds is 13. The summed E-state index contributed by atoms with van der Waals surface area (Å²) in [6.45, 7) is 0.708. The fourth-order valence-corrected chi connectivity index (χ4v) is 2.70. The van der Waals surface area contributed by atoms with Crippen LogP contribution in [0.3, 0.4) is 0 Å².